The van der Waals surface area contributed by atoms with Crippen LogP contribution in [0.4, 0.5) is 13.2 Å². The third-order valence-electron chi connectivity index (χ3n) is 3.33. The molecule has 0 saturated carbocycles. The molecule has 0 spiro atoms. The van der Waals surface area contributed by atoms with Crippen LogP contribution in [-0.4, -0.2) is 10.8 Å². The van der Waals surface area contributed by atoms with Gasteiger partial charge < -0.3 is 4.98 Å². The molecule has 1 aromatic heterocycles. The van der Waals surface area contributed by atoms with Crippen molar-refractivity contribution in [3.8, 4) is 0 Å². The highest BCUT2D eigenvalue weighted by atomic mass is 19.4. The molecule has 0 bridgehead atoms. The fourth-order valence-electron chi connectivity index (χ4n) is 2.31. The van der Waals surface area contributed by atoms with Crippen molar-refractivity contribution >= 4 is 27.6 Å². The third kappa shape index (κ3) is 1.95. The topological polar surface area (TPSA) is 32.9 Å². The van der Waals surface area contributed by atoms with Crippen molar-refractivity contribution in [2.45, 2.75) is 13.1 Å². The van der Waals surface area contributed by atoms with Crippen LogP contribution in [0.3, 0.4) is 0 Å². The van der Waals surface area contributed by atoms with E-state index in [0.717, 1.165) is 17.5 Å². The van der Waals surface area contributed by atoms with E-state index < -0.39 is 11.7 Å². The second kappa shape index (κ2) is 4.10. The number of alkyl halides is 3. The number of ketones is 1. The lowest BCUT2D eigenvalue weighted by Gasteiger charge is -2.05. The summed E-state index contributed by atoms with van der Waals surface area (Å²) in [5.74, 6) is -0.0819. The summed E-state index contributed by atoms with van der Waals surface area (Å²) in [4.78, 5) is 14.3. The molecule has 0 unspecified atom stereocenters. The number of fused-ring (bicyclic) bond motifs is 3. The number of benzene rings is 2. The Balaban J connectivity index is 2.27. The van der Waals surface area contributed by atoms with Gasteiger partial charge in [0.05, 0.1) is 5.56 Å². The van der Waals surface area contributed by atoms with Crippen molar-refractivity contribution in [3.63, 3.8) is 0 Å². The van der Waals surface area contributed by atoms with E-state index in [1.807, 2.05) is 0 Å². The minimum Gasteiger partial charge on any atom is -0.354 e. The van der Waals surface area contributed by atoms with Gasteiger partial charge >= 0.3 is 6.18 Å². The van der Waals surface area contributed by atoms with E-state index in [-0.39, 0.29) is 5.78 Å². The Morgan fingerprint density at radius 3 is 2.20 bits per heavy atom. The Kier molecular flexibility index (Phi) is 2.61. The van der Waals surface area contributed by atoms with Crippen molar-refractivity contribution in [1.82, 2.24) is 4.98 Å². The zero-order chi connectivity index (χ0) is 14.5. The molecular weight excluding hydrogens is 267 g/mol. The Bertz CT molecular complexity index is 830. The number of hydrogen-bond donors (Lipinski definition) is 1. The van der Waals surface area contributed by atoms with E-state index in [1.54, 1.807) is 18.2 Å². The number of nitrogens with one attached hydrogen (secondary N) is 1. The molecule has 2 nitrogen and oxygen atoms in total. The van der Waals surface area contributed by atoms with Crippen LogP contribution in [0.15, 0.2) is 36.4 Å². The molecular formula is C15H10F3NO. The minimum atomic E-state index is -4.37. The summed E-state index contributed by atoms with van der Waals surface area (Å²) >= 11 is 0. The predicted octanol–water partition coefficient (Wildman–Crippen LogP) is 4.54. The number of aromatic nitrogens is 1. The van der Waals surface area contributed by atoms with Crippen LogP contribution in [0.1, 0.15) is 22.8 Å². The summed E-state index contributed by atoms with van der Waals surface area (Å²) in [5.41, 5.74) is 0.908. The Hall–Kier alpha value is -2.30. The summed E-state index contributed by atoms with van der Waals surface area (Å²) in [5, 5.41) is 1.52. The normalized spacial score (nSPS) is 12.2. The number of halogens is 3. The first-order valence-electron chi connectivity index (χ1n) is 6.00. The highest BCUT2D eigenvalue weighted by molar-refractivity contribution is 6.09. The lowest BCUT2D eigenvalue weighted by Crippen LogP contribution is -2.03. The first-order chi connectivity index (χ1) is 9.36. The van der Waals surface area contributed by atoms with E-state index >= 15 is 0 Å². The van der Waals surface area contributed by atoms with Gasteiger partial charge in [0.25, 0.3) is 0 Å². The maximum atomic E-state index is 12.7. The lowest BCUT2D eigenvalue weighted by atomic mass is 10.1. The lowest BCUT2D eigenvalue weighted by molar-refractivity contribution is -0.137. The minimum absolute atomic E-state index is 0.0819. The van der Waals surface area contributed by atoms with Gasteiger partial charge in [-0.25, -0.2) is 0 Å². The van der Waals surface area contributed by atoms with Crippen LogP contribution in [0, 0.1) is 0 Å². The number of aromatic amines is 1. The molecule has 0 saturated heterocycles. The molecule has 0 aliphatic carbocycles. The number of carbonyl (C=O) groups excluding carboxylic acids is 1. The standard InChI is InChI=1S/C15H10F3NO/c1-8(20)9-2-4-11-12-5-3-10(15(16,17)18)7-14(12)19-13(11)6-9/h2-7,19H,1H3. The summed E-state index contributed by atoms with van der Waals surface area (Å²) in [6, 6.07) is 8.68. The second-order valence-electron chi connectivity index (χ2n) is 4.70. The Labute approximate surface area is 112 Å². The zero-order valence-corrected chi connectivity index (χ0v) is 10.5. The molecule has 2 aromatic carbocycles. The molecule has 0 aliphatic heterocycles. The summed E-state index contributed by atoms with van der Waals surface area (Å²) in [7, 11) is 0. The average Bonchev–Trinajstić information content (AvgIpc) is 2.73. The van der Waals surface area contributed by atoms with Gasteiger partial charge in [0.15, 0.2) is 5.78 Å². The van der Waals surface area contributed by atoms with Gasteiger partial charge in [-0.1, -0.05) is 18.2 Å². The van der Waals surface area contributed by atoms with Gasteiger partial charge in [0, 0.05) is 27.4 Å². The van der Waals surface area contributed by atoms with Gasteiger partial charge in [-0.15, -0.1) is 0 Å². The Morgan fingerprint density at radius 1 is 1.00 bits per heavy atom. The van der Waals surface area contributed by atoms with Crippen molar-refractivity contribution in [2.24, 2.45) is 0 Å². The van der Waals surface area contributed by atoms with E-state index in [1.165, 1.54) is 13.0 Å². The van der Waals surface area contributed by atoms with Crippen molar-refractivity contribution in [3.05, 3.63) is 47.5 Å². The first kappa shape index (κ1) is 12.7. The summed E-state index contributed by atoms with van der Waals surface area (Å²) in [6.45, 7) is 1.45. The SMILES string of the molecule is CC(=O)c1ccc2c(c1)[nH]c1cc(C(F)(F)F)ccc12. The largest absolute Gasteiger partial charge is 0.416 e. The molecule has 102 valence electrons. The van der Waals surface area contributed by atoms with Crippen molar-refractivity contribution < 1.29 is 18.0 Å². The second-order valence-corrected chi connectivity index (χ2v) is 4.70. The number of carbonyl (C=O) groups is 1. The molecule has 20 heavy (non-hydrogen) atoms. The predicted molar refractivity (Wildman–Crippen MR) is 70.8 cm³/mol. The van der Waals surface area contributed by atoms with Crippen LogP contribution in [0.5, 0.6) is 0 Å². The van der Waals surface area contributed by atoms with Gasteiger partial charge in [-0.3, -0.25) is 4.79 Å². The Morgan fingerprint density at radius 2 is 1.60 bits per heavy atom. The number of hydrogen-bond acceptors (Lipinski definition) is 1. The molecule has 0 radical (unpaired) electrons. The van der Waals surface area contributed by atoms with Crippen LogP contribution < -0.4 is 0 Å². The number of H-pyrrole nitrogens is 1. The molecule has 3 aromatic rings. The van der Waals surface area contributed by atoms with Gasteiger partial charge in [-0.05, 0) is 25.1 Å². The quantitative estimate of drug-likeness (QED) is 0.651. The van der Waals surface area contributed by atoms with Crippen LogP contribution >= 0.6 is 0 Å². The average molecular weight is 277 g/mol. The van der Waals surface area contributed by atoms with Crippen molar-refractivity contribution in [2.75, 3.05) is 0 Å². The van der Waals surface area contributed by atoms with Gasteiger partial charge in [0.1, 0.15) is 0 Å². The van der Waals surface area contributed by atoms with Crippen LogP contribution in [-0.2, 0) is 6.18 Å². The number of rotatable bonds is 1. The van der Waals surface area contributed by atoms with E-state index in [4.69, 9.17) is 0 Å². The molecule has 1 heterocycles. The third-order valence-corrected chi connectivity index (χ3v) is 3.33. The zero-order valence-electron chi connectivity index (χ0n) is 10.5. The van der Waals surface area contributed by atoms with Crippen LogP contribution in [0.2, 0.25) is 0 Å². The fraction of sp³-hybridized carbons (Fsp3) is 0.133. The maximum Gasteiger partial charge on any atom is 0.416 e. The molecule has 0 aliphatic rings. The first-order valence-corrected chi connectivity index (χ1v) is 6.00. The van der Waals surface area contributed by atoms with Crippen molar-refractivity contribution in [1.29, 1.82) is 0 Å². The van der Waals surface area contributed by atoms with Gasteiger partial charge in [-0.2, -0.15) is 13.2 Å². The molecule has 0 amide bonds. The maximum absolute atomic E-state index is 12.7. The molecule has 1 N–H and O–H groups in total. The molecule has 0 atom stereocenters. The van der Waals surface area contributed by atoms with E-state index in [2.05, 4.69) is 4.98 Å². The summed E-state index contributed by atoms with van der Waals surface area (Å²) < 4.78 is 38.0. The molecule has 0 fully saturated rings. The fourth-order valence-corrected chi connectivity index (χ4v) is 2.31. The highest BCUT2D eigenvalue weighted by Crippen LogP contribution is 2.33. The highest BCUT2D eigenvalue weighted by Gasteiger charge is 2.30. The molecule has 3 rings (SSSR count). The van der Waals surface area contributed by atoms with Gasteiger partial charge in [0.2, 0.25) is 0 Å². The van der Waals surface area contributed by atoms with E-state index in [9.17, 15) is 18.0 Å². The van der Waals surface area contributed by atoms with Crippen LogP contribution in [0.25, 0.3) is 21.8 Å². The smallest absolute Gasteiger partial charge is 0.354 e. The molecule has 5 heteroatoms. The number of Topliss-reactive ketones (excluding diaryl/α,β-unsaturated/α-hetero) is 1. The summed E-state index contributed by atoms with van der Waals surface area (Å²) in [6.07, 6.45) is -4.37. The monoisotopic (exact) mass is 277 g/mol. The van der Waals surface area contributed by atoms with E-state index in [0.29, 0.717) is 22.0 Å².